The number of anilines is 2. The number of nitrogens with one attached hydrogen (secondary N) is 1. The first-order valence-electron chi connectivity index (χ1n) is 9.71. The van der Waals surface area contributed by atoms with Crippen molar-refractivity contribution >= 4 is 28.7 Å². The highest BCUT2D eigenvalue weighted by atomic mass is 32.2. The van der Waals surface area contributed by atoms with Gasteiger partial charge in [0.25, 0.3) is 0 Å². The first kappa shape index (κ1) is 16.5. The minimum Gasteiger partial charge on any atom is -0.354 e. The van der Waals surface area contributed by atoms with Crippen LogP contribution in [0, 0.1) is 0 Å². The van der Waals surface area contributed by atoms with E-state index in [4.69, 9.17) is 0 Å². The van der Waals surface area contributed by atoms with Crippen molar-refractivity contribution in [3.05, 3.63) is 103 Å². The van der Waals surface area contributed by atoms with Crippen LogP contribution in [0.2, 0.25) is 0 Å². The molecule has 0 fully saturated rings. The van der Waals surface area contributed by atoms with Gasteiger partial charge in [0, 0.05) is 32.6 Å². The van der Waals surface area contributed by atoms with Gasteiger partial charge < -0.3 is 9.72 Å². The molecule has 29 heavy (non-hydrogen) atoms. The normalized spacial score (nSPS) is 12.3. The molecule has 3 aromatic carbocycles. The van der Waals surface area contributed by atoms with Gasteiger partial charge in [0.2, 0.25) is 0 Å². The second-order valence-corrected chi connectivity index (χ2v) is 8.23. The Morgan fingerprint density at radius 3 is 2.38 bits per heavy atom. The lowest BCUT2D eigenvalue weighted by molar-refractivity contribution is 1.19. The molecule has 0 unspecified atom stereocenters. The number of hydrogen-bond acceptors (Lipinski definition) is 2. The predicted molar refractivity (Wildman–Crippen MR) is 122 cm³/mol. The average Bonchev–Trinajstić information content (AvgIpc) is 3.17. The Bertz CT molecular complexity index is 1350. The smallest absolute Gasteiger partial charge is 0.0619 e. The molecule has 138 valence electrons. The molecule has 2 nitrogen and oxygen atoms in total. The zero-order chi connectivity index (χ0) is 19.2. The van der Waals surface area contributed by atoms with Gasteiger partial charge in [0.05, 0.1) is 17.1 Å². The van der Waals surface area contributed by atoms with E-state index in [0.29, 0.717) is 0 Å². The number of rotatable bonds is 2. The molecular weight excluding hydrogens is 372 g/mol. The van der Waals surface area contributed by atoms with E-state index in [1.54, 1.807) is 0 Å². The largest absolute Gasteiger partial charge is 0.354 e. The van der Waals surface area contributed by atoms with E-state index in [9.17, 15) is 0 Å². The Hall–Kier alpha value is -3.43. The first-order valence-corrected chi connectivity index (χ1v) is 10.5. The van der Waals surface area contributed by atoms with Crippen molar-refractivity contribution in [3.8, 4) is 22.4 Å². The van der Waals surface area contributed by atoms with E-state index >= 15 is 0 Å². The fourth-order valence-electron chi connectivity index (χ4n) is 4.08. The van der Waals surface area contributed by atoms with Crippen LogP contribution < -0.4 is 5.32 Å². The number of benzene rings is 3. The number of aromatic nitrogens is 1. The summed E-state index contributed by atoms with van der Waals surface area (Å²) < 4.78 is 2.30. The molecule has 0 radical (unpaired) electrons. The SMILES string of the molecule is c1ccc(-c2cc3ccccn3c2-c2cccc3c2Sc2ccccc2N3)cc1. The van der Waals surface area contributed by atoms with Gasteiger partial charge in [-0.05, 0) is 42.0 Å². The van der Waals surface area contributed by atoms with Gasteiger partial charge in [-0.25, -0.2) is 0 Å². The molecule has 1 aliphatic heterocycles. The fraction of sp³-hybridized carbons (Fsp3) is 0. The molecule has 0 atom stereocenters. The Labute approximate surface area is 173 Å². The van der Waals surface area contributed by atoms with Gasteiger partial charge in [-0.2, -0.15) is 0 Å². The van der Waals surface area contributed by atoms with Crippen molar-refractivity contribution in [2.75, 3.05) is 5.32 Å². The Morgan fingerprint density at radius 2 is 1.45 bits per heavy atom. The van der Waals surface area contributed by atoms with Crippen molar-refractivity contribution in [1.29, 1.82) is 0 Å². The maximum atomic E-state index is 3.62. The van der Waals surface area contributed by atoms with Gasteiger partial charge in [-0.15, -0.1) is 0 Å². The van der Waals surface area contributed by atoms with Gasteiger partial charge in [-0.1, -0.05) is 72.4 Å². The van der Waals surface area contributed by atoms with Crippen LogP contribution in [-0.2, 0) is 0 Å². The standard InChI is InChI=1S/C26H18N2S/c1-2-9-18(10-3-1)21-17-19-11-6-7-16-28(19)25(21)20-12-8-14-23-26(20)29-24-15-5-4-13-22(24)27-23/h1-17,27H. The molecular formula is C26H18N2S. The molecule has 0 spiro atoms. The number of para-hydroxylation sites is 1. The summed E-state index contributed by atoms with van der Waals surface area (Å²) in [5, 5.41) is 3.62. The summed E-state index contributed by atoms with van der Waals surface area (Å²) >= 11 is 1.84. The highest BCUT2D eigenvalue weighted by Crippen LogP contribution is 2.50. The lowest BCUT2D eigenvalue weighted by atomic mass is 10.0. The highest BCUT2D eigenvalue weighted by molar-refractivity contribution is 8.00. The summed E-state index contributed by atoms with van der Waals surface area (Å²) in [6, 6.07) is 34.4. The summed E-state index contributed by atoms with van der Waals surface area (Å²) in [6.07, 6.45) is 2.16. The van der Waals surface area contributed by atoms with E-state index in [2.05, 4.69) is 113 Å². The quantitative estimate of drug-likeness (QED) is 0.330. The minimum atomic E-state index is 1.16. The van der Waals surface area contributed by atoms with Crippen molar-refractivity contribution in [1.82, 2.24) is 4.40 Å². The monoisotopic (exact) mass is 390 g/mol. The molecule has 0 aliphatic carbocycles. The predicted octanol–water partition coefficient (Wildman–Crippen LogP) is 7.48. The van der Waals surface area contributed by atoms with Crippen LogP contribution >= 0.6 is 11.8 Å². The van der Waals surface area contributed by atoms with Crippen molar-refractivity contribution < 1.29 is 0 Å². The Balaban J connectivity index is 1.63. The second-order valence-electron chi connectivity index (χ2n) is 7.17. The van der Waals surface area contributed by atoms with Crippen LogP contribution in [0.25, 0.3) is 27.9 Å². The lowest BCUT2D eigenvalue weighted by Gasteiger charge is -2.23. The summed E-state index contributed by atoms with van der Waals surface area (Å²) in [5.74, 6) is 0. The summed E-state index contributed by atoms with van der Waals surface area (Å²) in [4.78, 5) is 2.53. The molecule has 6 rings (SSSR count). The highest BCUT2D eigenvalue weighted by Gasteiger charge is 2.22. The van der Waals surface area contributed by atoms with E-state index in [-0.39, 0.29) is 0 Å². The maximum absolute atomic E-state index is 3.62. The molecule has 0 saturated carbocycles. The third-order valence-corrected chi connectivity index (χ3v) is 6.62. The minimum absolute atomic E-state index is 1.16. The number of fused-ring (bicyclic) bond motifs is 3. The van der Waals surface area contributed by atoms with Crippen LogP contribution in [0.1, 0.15) is 0 Å². The molecule has 0 saturated heterocycles. The van der Waals surface area contributed by atoms with Crippen LogP contribution in [0.3, 0.4) is 0 Å². The van der Waals surface area contributed by atoms with E-state index < -0.39 is 0 Å². The van der Waals surface area contributed by atoms with Crippen LogP contribution in [0.15, 0.2) is 113 Å². The molecule has 0 bridgehead atoms. The van der Waals surface area contributed by atoms with Crippen molar-refractivity contribution in [2.45, 2.75) is 9.79 Å². The summed E-state index contributed by atoms with van der Waals surface area (Å²) in [5.41, 5.74) is 8.51. The van der Waals surface area contributed by atoms with Gasteiger partial charge >= 0.3 is 0 Å². The fourth-order valence-corrected chi connectivity index (χ4v) is 5.18. The van der Waals surface area contributed by atoms with Crippen molar-refractivity contribution in [2.24, 2.45) is 0 Å². The Morgan fingerprint density at radius 1 is 0.655 bits per heavy atom. The molecule has 2 aromatic heterocycles. The van der Waals surface area contributed by atoms with Gasteiger partial charge in [0.15, 0.2) is 0 Å². The number of hydrogen-bond donors (Lipinski definition) is 1. The average molecular weight is 391 g/mol. The van der Waals surface area contributed by atoms with E-state index in [0.717, 1.165) is 5.69 Å². The van der Waals surface area contributed by atoms with E-state index in [1.807, 2.05) is 11.8 Å². The summed E-state index contributed by atoms with van der Waals surface area (Å²) in [7, 11) is 0. The topological polar surface area (TPSA) is 16.4 Å². The lowest BCUT2D eigenvalue weighted by Crippen LogP contribution is -2.01. The molecule has 1 N–H and O–H groups in total. The molecule has 3 heterocycles. The maximum Gasteiger partial charge on any atom is 0.0619 e. The van der Waals surface area contributed by atoms with Crippen LogP contribution in [0.5, 0.6) is 0 Å². The Kier molecular flexibility index (Phi) is 3.74. The third kappa shape index (κ3) is 2.66. The first-order chi connectivity index (χ1) is 14.4. The zero-order valence-electron chi connectivity index (χ0n) is 15.7. The van der Waals surface area contributed by atoms with Gasteiger partial charge in [-0.3, -0.25) is 0 Å². The molecule has 0 amide bonds. The third-order valence-electron chi connectivity index (χ3n) is 5.40. The molecule has 1 aliphatic rings. The zero-order valence-corrected chi connectivity index (χ0v) is 16.5. The van der Waals surface area contributed by atoms with Crippen LogP contribution in [-0.4, -0.2) is 4.40 Å². The van der Waals surface area contributed by atoms with E-state index in [1.165, 1.54) is 43.4 Å². The van der Waals surface area contributed by atoms with Gasteiger partial charge in [0.1, 0.15) is 0 Å². The van der Waals surface area contributed by atoms with Crippen molar-refractivity contribution in [3.63, 3.8) is 0 Å². The number of pyridine rings is 1. The number of nitrogens with zero attached hydrogens (tertiary/aromatic N) is 1. The second kappa shape index (κ2) is 6.57. The van der Waals surface area contributed by atoms with Crippen LogP contribution in [0.4, 0.5) is 11.4 Å². The summed E-state index contributed by atoms with van der Waals surface area (Å²) in [6.45, 7) is 0. The molecule has 3 heteroatoms. The molecule has 5 aromatic rings.